The van der Waals surface area contributed by atoms with Crippen molar-refractivity contribution >= 4 is 27.5 Å². The molecule has 4 rings (SSSR count). The van der Waals surface area contributed by atoms with Gasteiger partial charge in [-0.3, -0.25) is 13.9 Å². The molecule has 0 heterocycles. The standard InChI is InChI=1S/C36H41N3O4S/c1-4-28(3)37-36(41)34(25-29-17-9-6-10-18-29)38(26-30-19-11-7-12-20-30)35(40)27-39(33-24-16-15-21-31(33)5-2)44(42,43)32-22-13-8-14-23-32/h6-24,28,34H,4-5,25-27H2,1-3H3,(H,37,41)/t28-,34+/m0/s1. The second kappa shape index (κ2) is 15.3. The minimum Gasteiger partial charge on any atom is -0.352 e. The van der Waals surface area contributed by atoms with Crippen molar-refractivity contribution in [2.45, 2.75) is 63.6 Å². The summed E-state index contributed by atoms with van der Waals surface area (Å²) in [4.78, 5) is 30.0. The summed E-state index contributed by atoms with van der Waals surface area (Å²) in [6, 6.07) is 33.4. The van der Waals surface area contributed by atoms with E-state index in [9.17, 15) is 18.0 Å². The average Bonchev–Trinajstić information content (AvgIpc) is 3.06. The second-order valence-electron chi connectivity index (χ2n) is 10.8. The van der Waals surface area contributed by atoms with Crippen molar-refractivity contribution in [1.82, 2.24) is 10.2 Å². The Kier molecular flexibility index (Phi) is 11.3. The summed E-state index contributed by atoms with van der Waals surface area (Å²) in [7, 11) is -4.13. The first-order valence-corrected chi connectivity index (χ1v) is 16.5. The van der Waals surface area contributed by atoms with E-state index in [1.807, 2.05) is 93.6 Å². The Morgan fingerprint density at radius 2 is 1.30 bits per heavy atom. The van der Waals surface area contributed by atoms with E-state index in [0.29, 0.717) is 12.1 Å². The maximum Gasteiger partial charge on any atom is 0.264 e. The Bertz CT molecular complexity index is 1610. The molecule has 230 valence electrons. The maximum atomic E-state index is 14.5. The van der Waals surface area contributed by atoms with Gasteiger partial charge in [0.2, 0.25) is 11.8 Å². The molecule has 0 spiro atoms. The third-order valence-corrected chi connectivity index (χ3v) is 9.49. The highest BCUT2D eigenvalue weighted by atomic mass is 32.2. The summed E-state index contributed by atoms with van der Waals surface area (Å²) in [5, 5.41) is 3.07. The molecule has 8 heteroatoms. The molecule has 4 aromatic carbocycles. The lowest BCUT2D eigenvalue weighted by Gasteiger charge is -2.34. The zero-order chi connectivity index (χ0) is 31.5. The Hall–Kier alpha value is -4.43. The summed E-state index contributed by atoms with van der Waals surface area (Å²) < 4.78 is 29.5. The van der Waals surface area contributed by atoms with Crippen LogP contribution in [0.4, 0.5) is 5.69 Å². The number of carbonyl (C=O) groups excluding carboxylic acids is 2. The number of aryl methyl sites for hydroxylation is 1. The third-order valence-electron chi connectivity index (χ3n) is 7.72. The van der Waals surface area contributed by atoms with Gasteiger partial charge in [0.25, 0.3) is 10.0 Å². The van der Waals surface area contributed by atoms with E-state index >= 15 is 0 Å². The predicted octanol–water partition coefficient (Wildman–Crippen LogP) is 6.00. The summed E-state index contributed by atoms with van der Waals surface area (Å²) in [6.07, 6.45) is 1.58. The van der Waals surface area contributed by atoms with Crippen LogP contribution in [-0.2, 0) is 39.0 Å². The van der Waals surface area contributed by atoms with Crippen molar-refractivity contribution in [3.8, 4) is 0 Å². The quantitative estimate of drug-likeness (QED) is 0.190. The maximum absolute atomic E-state index is 14.5. The van der Waals surface area contributed by atoms with Crippen LogP contribution in [0.3, 0.4) is 0 Å². The Balaban J connectivity index is 1.81. The summed E-state index contributed by atoms with van der Waals surface area (Å²) >= 11 is 0. The molecule has 0 aliphatic rings. The molecule has 44 heavy (non-hydrogen) atoms. The second-order valence-corrected chi connectivity index (χ2v) is 12.7. The summed E-state index contributed by atoms with van der Waals surface area (Å²) in [5.74, 6) is -0.751. The first-order chi connectivity index (χ1) is 21.2. The van der Waals surface area contributed by atoms with Gasteiger partial charge in [-0.1, -0.05) is 111 Å². The fourth-order valence-electron chi connectivity index (χ4n) is 5.06. The van der Waals surface area contributed by atoms with Crippen LogP contribution in [0.25, 0.3) is 0 Å². The molecule has 0 saturated heterocycles. The number of para-hydroxylation sites is 1. The molecular formula is C36H41N3O4S. The van der Waals surface area contributed by atoms with Crippen LogP contribution < -0.4 is 9.62 Å². The van der Waals surface area contributed by atoms with Gasteiger partial charge in [0.05, 0.1) is 10.6 Å². The van der Waals surface area contributed by atoms with Crippen molar-refractivity contribution in [3.63, 3.8) is 0 Å². The predicted molar refractivity (Wildman–Crippen MR) is 176 cm³/mol. The first kappa shape index (κ1) is 32.5. The Morgan fingerprint density at radius 1 is 0.750 bits per heavy atom. The number of nitrogens with zero attached hydrogens (tertiary/aromatic N) is 2. The van der Waals surface area contributed by atoms with Crippen LogP contribution in [0.1, 0.15) is 43.9 Å². The van der Waals surface area contributed by atoms with Gasteiger partial charge in [0.15, 0.2) is 0 Å². The highest BCUT2D eigenvalue weighted by Gasteiger charge is 2.35. The van der Waals surface area contributed by atoms with E-state index in [-0.39, 0.29) is 29.8 Å². The number of rotatable bonds is 14. The molecule has 0 fully saturated rings. The SMILES string of the molecule is CCc1ccccc1N(CC(=O)N(Cc1ccccc1)[C@H](Cc1ccccc1)C(=O)N[C@@H](C)CC)S(=O)(=O)c1ccccc1. The van der Waals surface area contributed by atoms with E-state index < -0.39 is 28.5 Å². The lowest BCUT2D eigenvalue weighted by Crippen LogP contribution is -2.54. The van der Waals surface area contributed by atoms with Gasteiger partial charge >= 0.3 is 0 Å². The first-order valence-electron chi connectivity index (χ1n) is 15.1. The Labute approximate surface area is 261 Å². The molecule has 0 unspecified atom stereocenters. The van der Waals surface area contributed by atoms with Gasteiger partial charge in [-0.2, -0.15) is 0 Å². The van der Waals surface area contributed by atoms with Crippen LogP contribution >= 0.6 is 0 Å². The van der Waals surface area contributed by atoms with E-state index in [4.69, 9.17) is 0 Å². The van der Waals surface area contributed by atoms with Gasteiger partial charge < -0.3 is 10.2 Å². The molecule has 0 aliphatic carbocycles. The molecule has 0 aliphatic heterocycles. The highest BCUT2D eigenvalue weighted by Crippen LogP contribution is 2.28. The fraction of sp³-hybridized carbons (Fsp3) is 0.278. The molecule has 4 aromatic rings. The number of carbonyl (C=O) groups is 2. The van der Waals surface area contributed by atoms with Crippen LogP contribution in [0.5, 0.6) is 0 Å². The van der Waals surface area contributed by atoms with Gasteiger partial charge in [0, 0.05) is 19.0 Å². The largest absolute Gasteiger partial charge is 0.352 e. The van der Waals surface area contributed by atoms with Gasteiger partial charge in [0.1, 0.15) is 12.6 Å². The van der Waals surface area contributed by atoms with Gasteiger partial charge in [-0.05, 0) is 54.7 Å². The van der Waals surface area contributed by atoms with Crippen LogP contribution in [0.2, 0.25) is 0 Å². The molecule has 7 nitrogen and oxygen atoms in total. The van der Waals surface area contributed by atoms with E-state index in [0.717, 1.165) is 23.1 Å². The van der Waals surface area contributed by atoms with E-state index in [2.05, 4.69) is 5.32 Å². The van der Waals surface area contributed by atoms with Crippen molar-refractivity contribution in [2.24, 2.45) is 0 Å². The van der Waals surface area contributed by atoms with E-state index in [1.165, 1.54) is 21.3 Å². The summed E-state index contributed by atoms with van der Waals surface area (Å²) in [6.45, 7) is 5.53. The van der Waals surface area contributed by atoms with Crippen LogP contribution in [0.15, 0.2) is 120 Å². The number of hydrogen-bond acceptors (Lipinski definition) is 4. The molecule has 0 bridgehead atoms. The number of anilines is 1. The molecule has 2 atom stereocenters. The summed E-state index contributed by atoms with van der Waals surface area (Å²) in [5.41, 5.74) is 2.97. The number of hydrogen-bond donors (Lipinski definition) is 1. The van der Waals surface area contributed by atoms with Crippen molar-refractivity contribution in [1.29, 1.82) is 0 Å². The van der Waals surface area contributed by atoms with Crippen molar-refractivity contribution < 1.29 is 18.0 Å². The lowest BCUT2D eigenvalue weighted by molar-refractivity contribution is -0.140. The third kappa shape index (κ3) is 8.14. The van der Waals surface area contributed by atoms with Crippen molar-refractivity contribution in [2.75, 3.05) is 10.8 Å². The molecular weight excluding hydrogens is 570 g/mol. The highest BCUT2D eigenvalue weighted by molar-refractivity contribution is 7.92. The number of nitrogens with one attached hydrogen (secondary N) is 1. The Morgan fingerprint density at radius 3 is 1.89 bits per heavy atom. The van der Waals surface area contributed by atoms with Crippen LogP contribution in [0, 0.1) is 0 Å². The topological polar surface area (TPSA) is 86.8 Å². The fourth-order valence-corrected chi connectivity index (χ4v) is 6.53. The minimum atomic E-state index is -4.13. The van der Waals surface area contributed by atoms with Crippen LogP contribution in [-0.4, -0.2) is 43.8 Å². The molecule has 0 radical (unpaired) electrons. The molecule has 1 N–H and O–H groups in total. The molecule has 0 aromatic heterocycles. The zero-order valence-corrected chi connectivity index (χ0v) is 26.4. The molecule has 2 amide bonds. The monoisotopic (exact) mass is 611 g/mol. The average molecular weight is 612 g/mol. The van der Waals surface area contributed by atoms with Gasteiger partial charge in [-0.25, -0.2) is 8.42 Å². The molecule has 0 saturated carbocycles. The van der Waals surface area contributed by atoms with Crippen molar-refractivity contribution in [3.05, 3.63) is 132 Å². The minimum absolute atomic E-state index is 0.0867. The zero-order valence-electron chi connectivity index (χ0n) is 25.6. The van der Waals surface area contributed by atoms with Gasteiger partial charge in [-0.15, -0.1) is 0 Å². The number of sulfonamides is 1. The van der Waals surface area contributed by atoms with E-state index in [1.54, 1.807) is 30.3 Å². The number of benzene rings is 4. The normalized spacial score (nSPS) is 12.6. The smallest absolute Gasteiger partial charge is 0.264 e. The number of amides is 2. The lowest BCUT2D eigenvalue weighted by atomic mass is 10.0.